The molecule has 1 N–H and O–H groups in total. The van der Waals surface area contributed by atoms with E-state index in [0.29, 0.717) is 24.4 Å². The van der Waals surface area contributed by atoms with Gasteiger partial charge in [0.15, 0.2) is 0 Å². The van der Waals surface area contributed by atoms with Gasteiger partial charge < -0.3 is 14.9 Å². The van der Waals surface area contributed by atoms with Crippen LogP contribution in [0.5, 0.6) is 0 Å². The lowest BCUT2D eigenvalue weighted by molar-refractivity contribution is -0.135. The van der Waals surface area contributed by atoms with Gasteiger partial charge in [0.25, 0.3) is 0 Å². The van der Waals surface area contributed by atoms with E-state index in [1.807, 2.05) is 0 Å². The Morgan fingerprint density at radius 2 is 1.82 bits per heavy atom. The van der Waals surface area contributed by atoms with Gasteiger partial charge in [0.2, 0.25) is 5.91 Å². The van der Waals surface area contributed by atoms with Crippen LogP contribution in [0.2, 0.25) is 0 Å². The Bertz CT molecular complexity index is 599. The first-order chi connectivity index (χ1) is 13.6. The fraction of sp³-hybridized carbons (Fsp3) is 0.696. The molecule has 0 aromatic heterocycles. The molecular formula is C23H37N3O2. The van der Waals surface area contributed by atoms with Crippen LogP contribution < -0.4 is 0 Å². The standard InChI is InChI=1S/C23H37N3O2/c1-24(2)22-12-15-26(17-21(22)9-6-16-27)23(28)18-25-13-10-20(11-14-25)19-7-4-3-5-8-19/h3-5,7-8,20-22,27H,6,9-18H2,1-2H3/t21-,22+/m0/s1. The monoisotopic (exact) mass is 387 g/mol. The Hall–Kier alpha value is -1.43. The van der Waals surface area contributed by atoms with Crippen LogP contribution in [0.3, 0.4) is 0 Å². The van der Waals surface area contributed by atoms with Crippen molar-refractivity contribution in [1.82, 2.24) is 14.7 Å². The summed E-state index contributed by atoms with van der Waals surface area (Å²) in [6, 6.07) is 11.3. The number of carbonyl (C=O) groups is 1. The van der Waals surface area contributed by atoms with E-state index in [9.17, 15) is 9.90 Å². The average Bonchev–Trinajstić information content (AvgIpc) is 2.73. The van der Waals surface area contributed by atoms with Gasteiger partial charge in [0, 0.05) is 25.7 Å². The van der Waals surface area contributed by atoms with Gasteiger partial charge in [0.05, 0.1) is 6.54 Å². The van der Waals surface area contributed by atoms with Crippen LogP contribution in [0.4, 0.5) is 0 Å². The average molecular weight is 388 g/mol. The van der Waals surface area contributed by atoms with Crippen LogP contribution in [0.15, 0.2) is 30.3 Å². The maximum atomic E-state index is 12.9. The summed E-state index contributed by atoms with van der Waals surface area (Å²) < 4.78 is 0. The van der Waals surface area contributed by atoms with E-state index in [4.69, 9.17) is 0 Å². The Labute approximate surface area is 170 Å². The van der Waals surface area contributed by atoms with E-state index in [1.165, 1.54) is 5.56 Å². The fourth-order valence-electron chi connectivity index (χ4n) is 5.00. The first-order valence-corrected chi connectivity index (χ1v) is 10.9. The quantitative estimate of drug-likeness (QED) is 0.781. The first-order valence-electron chi connectivity index (χ1n) is 10.9. The maximum absolute atomic E-state index is 12.9. The molecule has 0 radical (unpaired) electrons. The number of amides is 1. The van der Waals surface area contributed by atoms with Crippen LogP contribution in [-0.2, 0) is 4.79 Å². The molecule has 2 aliphatic heterocycles. The van der Waals surface area contributed by atoms with Crippen molar-refractivity contribution in [1.29, 1.82) is 0 Å². The highest BCUT2D eigenvalue weighted by molar-refractivity contribution is 5.78. The van der Waals surface area contributed by atoms with Crippen LogP contribution in [-0.4, -0.2) is 85.2 Å². The summed E-state index contributed by atoms with van der Waals surface area (Å²) >= 11 is 0. The summed E-state index contributed by atoms with van der Waals surface area (Å²) in [4.78, 5) is 19.6. The highest BCUT2D eigenvalue weighted by Crippen LogP contribution is 2.28. The Morgan fingerprint density at radius 3 is 2.46 bits per heavy atom. The molecule has 2 heterocycles. The second kappa shape index (κ2) is 10.4. The second-order valence-electron chi connectivity index (χ2n) is 8.75. The van der Waals surface area contributed by atoms with E-state index in [0.717, 1.165) is 58.3 Å². The van der Waals surface area contributed by atoms with Gasteiger partial charge >= 0.3 is 0 Å². The summed E-state index contributed by atoms with van der Waals surface area (Å²) in [6.07, 6.45) is 5.12. The van der Waals surface area contributed by atoms with E-state index < -0.39 is 0 Å². The predicted octanol–water partition coefficient (Wildman–Crippen LogP) is 2.42. The zero-order chi connectivity index (χ0) is 19.9. The molecule has 0 unspecified atom stereocenters. The zero-order valence-electron chi connectivity index (χ0n) is 17.6. The minimum Gasteiger partial charge on any atom is -0.396 e. The summed E-state index contributed by atoms with van der Waals surface area (Å²) in [5.41, 5.74) is 1.44. The maximum Gasteiger partial charge on any atom is 0.236 e. The smallest absolute Gasteiger partial charge is 0.236 e. The molecule has 0 bridgehead atoms. The zero-order valence-corrected chi connectivity index (χ0v) is 17.6. The number of aliphatic hydroxyl groups is 1. The van der Waals surface area contributed by atoms with Crippen molar-refractivity contribution >= 4 is 5.91 Å². The topological polar surface area (TPSA) is 47.0 Å². The normalized spacial score (nSPS) is 24.6. The van der Waals surface area contributed by atoms with Crippen molar-refractivity contribution in [2.24, 2.45) is 5.92 Å². The molecule has 28 heavy (non-hydrogen) atoms. The highest BCUT2D eigenvalue weighted by Gasteiger charge is 2.33. The van der Waals surface area contributed by atoms with E-state index >= 15 is 0 Å². The lowest BCUT2D eigenvalue weighted by Crippen LogP contribution is -2.53. The van der Waals surface area contributed by atoms with Gasteiger partial charge in [0.1, 0.15) is 0 Å². The Balaban J connectivity index is 1.48. The molecule has 3 rings (SSSR count). The molecule has 1 aromatic carbocycles. The van der Waals surface area contributed by atoms with Gasteiger partial charge in [-0.2, -0.15) is 0 Å². The number of piperidine rings is 2. The number of hydrogen-bond acceptors (Lipinski definition) is 4. The molecule has 5 nitrogen and oxygen atoms in total. The predicted molar refractivity (Wildman–Crippen MR) is 113 cm³/mol. The van der Waals surface area contributed by atoms with Gasteiger partial charge in [-0.05, 0) is 76.7 Å². The minimum atomic E-state index is 0.237. The lowest BCUT2D eigenvalue weighted by Gasteiger charge is -2.42. The van der Waals surface area contributed by atoms with E-state index in [2.05, 4.69) is 59.1 Å². The molecule has 0 spiro atoms. The van der Waals surface area contributed by atoms with Crippen LogP contribution >= 0.6 is 0 Å². The summed E-state index contributed by atoms with van der Waals surface area (Å²) in [6.45, 7) is 4.50. The van der Waals surface area contributed by atoms with Gasteiger partial charge in [-0.1, -0.05) is 30.3 Å². The molecule has 0 aliphatic carbocycles. The molecule has 1 amide bonds. The SMILES string of the molecule is CN(C)[C@@H]1CCN(C(=O)CN2CCC(c3ccccc3)CC2)C[C@@H]1CCCO. The van der Waals surface area contributed by atoms with Gasteiger partial charge in [-0.3, -0.25) is 9.69 Å². The summed E-state index contributed by atoms with van der Waals surface area (Å²) in [5, 5.41) is 9.22. The number of carbonyl (C=O) groups excluding carboxylic acids is 1. The number of rotatable bonds is 7. The molecule has 2 atom stereocenters. The molecule has 2 fully saturated rings. The number of aliphatic hydroxyl groups excluding tert-OH is 1. The van der Waals surface area contributed by atoms with Crippen molar-refractivity contribution in [3.05, 3.63) is 35.9 Å². The molecule has 1 aromatic rings. The molecule has 2 aliphatic rings. The largest absolute Gasteiger partial charge is 0.396 e. The number of likely N-dealkylation sites (tertiary alicyclic amines) is 2. The highest BCUT2D eigenvalue weighted by atomic mass is 16.3. The number of nitrogens with zero attached hydrogens (tertiary/aromatic N) is 3. The summed E-state index contributed by atoms with van der Waals surface area (Å²) in [7, 11) is 4.26. The first kappa shape index (κ1) is 21.3. The van der Waals surface area contributed by atoms with Crippen LogP contribution in [0.25, 0.3) is 0 Å². The number of hydrogen-bond donors (Lipinski definition) is 1. The lowest BCUT2D eigenvalue weighted by atomic mass is 9.87. The van der Waals surface area contributed by atoms with Crippen LogP contribution in [0.1, 0.15) is 43.6 Å². The molecule has 5 heteroatoms. The van der Waals surface area contributed by atoms with Gasteiger partial charge in [-0.15, -0.1) is 0 Å². The van der Waals surface area contributed by atoms with Crippen molar-refractivity contribution < 1.29 is 9.90 Å². The Kier molecular flexibility index (Phi) is 7.89. The van der Waals surface area contributed by atoms with Crippen molar-refractivity contribution in [2.45, 2.75) is 44.1 Å². The minimum absolute atomic E-state index is 0.237. The van der Waals surface area contributed by atoms with Crippen molar-refractivity contribution in [3.63, 3.8) is 0 Å². The van der Waals surface area contributed by atoms with Crippen molar-refractivity contribution in [2.75, 3.05) is 53.4 Å². The molecule has 156 valence electrons. The van der Waals surface area contributed by atoms with Crippen molar-refractivity contribution in [3.8, 4) is 0 Å². The third-order valence-corrected chi connectivity index (χ3v) is 6.66. The second-order valence-corrected chi connectivity index (χ2v) is 8.75. The third kappa shape index (κ3) is 5.56. The van der Waals surface area contributed by atoms with E-state index in [-0.39, 0.29) is 12.5 Å². The van der Waals surface area contributed by atoms with E-state index in [1.54, 1.807) is 0 Å². The summed E-state index contributed by atoms with van der Waals surface area (Å²) in [5.74, 6) is 1.37. The molecule has 0 saturated carbocycles. The fourth-order valence-corrected chi connectivity index (χ4v) is 5.00. The number of benzene rings is 1. The van der Waals surface area contributed by atoms with Gasteiger partial charge in [-0.25, -0.2) is 0 Å². The third-order valence-electron chi connectivity index (χ3n) is 6.66. The van der Waals surface area contributed by atoms with Crippen LogP contribution in [0, 0.1) is 5.92 Å². The molecular weight excluding hydrogens is 350 g/mol. The molecule has 2 saturated heterocycles. The Morgan fingerprint density at radius 1 is 1.11 bits per heavy atom.